The Labute approximate surface area is 137 Å². The monoisotopic (exact) mass is 312 g/mol. The molecule has 0 unspecified atom stereocenters. The first-order valence-electron chi connectivity index (χ1n) is 7.87. The molecule has 0 aromatic heterocycles. The molecule has 0 heterocycles. The minimum Gasteiger partial charge on any atom is -0.493 e. The number of amides is 2. The zero-order valence-corrected chi connectivity index (χ0v) is 14.0. The number of ether oxygens (including phenoxy) is 1. The predicted molar refractivity (Wildman–Crippen MR) is 94.2 cm³/mol. The maximum Gasteiger partial charge on any atom is 0.319 e. The molecule has 2 aromatic rings. The molecule has 4 heteroatoms. The fourth-order valence-corrected chi connectivity index (χ4v) is 2.29. The van der Waals surface area contributed by atoms with E-state index in [1.165, 1.54) is 5.56 Å². The maximum atomic E-state index is 11.9. The van der Waals surface area contributed by atoms with Gasteiger partial charge in [0, 0.05) is 12.2 Å². The van der Waals surface area contributed by atoms with Crippen LogP contribution in [-0.4, -0.2) is 19.2 Å². The maximum absolute atomic E-state index is 11.9. The van der Waals surface area contributed by atoms with Crippen LogP contribution in [0.15, 0.2) is 42.5 Å². The molecule has 2 amide bonds. The average molecular weight is 312 g/mol. The predicted octanol–water partition coefficient (Wildman–Crippen LogP) is 4.20. The van der Waals surface area contributed by atoms with E-state index in [2.05, 4.69) is 10.6 Å². The van der Waals surface area contributed by atoms with Crippen LogP contribution in [0.5, 0.6) is 5.75 Å². The number of anilines is 1. The van der Waals surface area contributed by atoms with E-state index < -0.39 is 0 Å². The van der Waals surface area contributed by atoms with Crippen LogP contribution in [0.4, 0.5) is 10.5 Å². The molecule has 0 fully saturated rings. The largest absolute Gasteiger partial charge is 0.493 e. The van der Waals surface area contributed by atoms with Crippen LogP contribution in [0.2, 0.25) is 0 Å². The van der Waals surface area contributed by atoms with E-state index >= 15 is 0 Å². The zero-order chi connectivity index (χ0) is 16.7. The van der Waals surface area contributed by atoms with Gasteiger partial charge in [-0.25, -0.2) is 4.79 Å². The molecule has 0 aliphatic heterocycles. The Balaban J connectivity index is 1.68. The minimum atomic E-state index is -0.187. The normalized spacial score (nSPS) is 10.2. The number of carbonyl (C=O) groups is 1. The lowest BCUT2D eigenvalue weighted by molar-refractivity contribution is 0.250. The molecule has 0 saturated carbocycles. The van der Waals surface area contributed by atoms with E-state index in [1.807, 2.05) is 63.2 Å². The molecule has 0 spiro atoms. The second-order valence-corrected chi connectivity index (χ2v) is 5.67. The van der Waals surface area contributed by atoms with Gasteiger partial charge in [-0.3, -0.25) is 0 Å². The topological polar surface area (TPSA) is 50.4 Å². The lowest BCUT2D eigenvalue weighted by Gasteiger charge is -2.11. The number of carbonyl (C=O) groups excluding carboxylic acids is 1. The number of hydrogen-bond donors (Lipinski definition) is 2. The number of para-hydroxylation sites is 1. The summed E-state index contributed by atoms with van der Waals surface area (Å²) < 4.78 is 5.70. The first-order valence-corrected chi connectivity index (χ1v) is 7.87. The fraction of sp³-hybridized carbons (Fsp3) is 0.316. The summed E-state index contributed by atoms with van der Waals surface area (Å²) in [5, 5.41) is 5.71. The van der Waals surface area contributed by atoms with Crippen molar-refractivity contribution in [2.24, 2.45) is 0 Å². The molecule has 122 valence electrons. The van der Waals surface area contributed by atoms with E-state index in [1.54, 1.807) is 0 Å². The van der Waals surface area contributed by atoms with Crippen molar-refractivity contribution in [2.75, 3.05) is 18.5 Å². The van der Waals surface area contributed by atoms with Gasteiger partial charge < -0.3 is 15.4 Å². The van der Waals surface area contributed by atoms with Crippen LogP contribution in [0.3, 0.4) is 0 Å². The van der Waals surface area contributed by atoms with Crippen molar-refractivity contribution in [1.82, 2.24) is 5.32 Å². The third-order valence-corrected chi connectivity index (χ3v) is 3.59. The Morgan fingerprint density at radius 1 is 1.04 bits per heavy atom. The highest BCUT2D eigenvalue weighted by atomic mass is 16.5. The molecular weight excluding hydrogens is 288 g/mol. The molecule has 0 saturated heterocycles. The second kappa shape index (κ2) is 8.22. The number of urea groups is 1. The van der Waals surface area contributed by atoms with Gasteiger partial charge in [0.05, 0.1) is 6.61 Å². The summed E-state index contributed by atoms with van der Waals surface area (Å²) in [4.78, 5) is 11.9. The van der Waals surface area contributed by atoms with E-state index in [0.29, 0.717) is 13.2 Å². The van der Waals surface area contributed by atoms with Crippen LogP contribution >= 0.6 is 0 Å². The molecule has 4 nitrogen and oxygen atoms in total. The number of hydrogen-bond acceptors (Lipinski definition) is 2. The van der Waals surface area contributed by atoms with Gasteiger partial charge in [0.15, 0.2) is 0 Å². The third kappa shape index (κ3) is 5.33. The zero-order valence-electron chi connectivity index (χ0n) is 14.0. The SMILES string of the molecule is Cc1ccc(NC(=O)NCCCOc2ccccc2C)c(C)c1. The van der Waals surface area contributed by atoms with Crippen LogP contribution < -0.4 is 15.4 Å². The van der Waals surface area contributed by atoms with Gasteiger partial charge in [-0.15, -0.1) is 0 Å². The summed E-state index contributed by atoms with van der Waals surface area (Å²) in [5.41, 5.74) is 4.20. The summed E-state index contributed by atoms with van der Waals surface area (Å²) in [6, 6.07) is 13.7. The highest BCUT2D eigenvalue weighted by molar-refractivity contribution is 5.90. The van der Waals surface area contributed by atoms with Gasteiger partial charge in [0.25, 0.3) is 0 Å². The van der Waals surface area contributed by atoms with Crippen molar-refractivity contribution < 1.29 is 9.53 Å². The Bertz CT molecular complexity index is 668. The van der Waals surface area contributed by atoms with Gasteiger partial charge in [-0.2, -0.15) is 0 Å². The summed E-state index contributed by atoms with van der Waals surface area (Å²) in [6.45, 7) is 7.19. The number of aryl methyl sites for hydroxylation is 3. The minimum absolute atomic E-state index is 0.187. The molecule has 0 aliphatic carbocycles. The molecule has 0 atom stereocenters. The van der Waals surface area contributed by atoms with Crippen molar-refractivity contribution in [2.45, 2.75) is 27.2 Å². The Morgan fingerprint density at radius 3 is 2.57 bits per heavy atom. The number of benzene rings is 2. The Morgan fingerprint density at radius 2 is 1.83 bits per heavy atom. The standard InChI is InChI=1S/C19H24N2O2/c1-14-9-10-17(16(3)13-14)21-19(22)20-11-6-12-23-18-8-5-4-7-15(18)2/h4-5,7-10,13H,6,11-12H2,1-3H3,(H2,20,21,22). The second-order valence-electron chi connectivity index (χ2n) is 5.67. The summed E-state index contributed by atoms with van der Waals surface area (Å²) in [7, 11) is 0. The van der Waals surface area contributed by atoms with Crippen LogP contribution in [0, 0.1) is 20.8 Å². The van der Waals surface area contributed by atoms with Crippen LogP contribution in [-0.2, 0) is 0 Å². The van der Waals surface area contributed by atoms with Crippen molar-refractivity contribution in [1.29, 1.82) is 0 Å². The molecule has 2 N–H and O–H groups in total. The van der Waals surface area contributed by atoms with Crippen LogP contribution in [0.25, 0.3) is 0 Å². The lowest BCUT2D eigenvalue weighted by Crippen LogP contribution is -2.30. The van der Waals surface area contributed by atoms with E-state index in [9.17, 15) is 4.79 Å². The van der Waals surface area contributed by atoms with Crippen molar-refractivity contribution >= 4 is 11.7 Å². The molecule has 0 radical (unpaired) electrons. The third-order valence-electron chi connectivity index (χ3n) is 3.59. The van der Waals surface area contributed by atoms with E-state index in [-0.39, 0.29) is 6.03 Å². The molecule has 0 aliphatic rings. The molecule has 23 heavy (non-hydrogen) atoms. The first-order chi connectivity index (χ1) is 11.1. The Kier molecular flexibility index (Phi) is 6.03. The van der Waals surface area contributed by atoms with Gasteiger partial charge in [-0.1, -0.05) is 35.9 Å². The summed E-state index contributed by atoms with van der Waals surface area (Å²) >= 11 is 0. The molecular formula is C19H24N2O2. The first kappa shape index (κ1) is 16.9. The van der Waals surface area contributed by atoms with E-state index in [4.69, 9.17) is 4.74 Å². The highest BCUT2D eigenvalue weighted by Gasteiger charge is 2.04. The summed E-state index contributed by atoms with van der Waals surface area (Å²) in [5.74, 6) is 0.896. The van der Waals surface area contributed by atoms with Crippen molar-refractivity contribution in [3.63, 3.8) is 0 Å². The van der Waals surface area contributed by atoms with Crippen molar-refractivity contribution in [3.8, 4) is 5.75 Å². The highest BCUT2D eigenvalue weighted by Crippen LogP contribution is 2.16. The number of rotatable bonds is 6. The van der Waals surface area contributed by atoms with Crippen LogP contribution in [0.1, 0.15) is 23.1 Å². The van der Waals surface area contributed by atoms with Gasteiger partial charge in [-0.05, 0) is 50.5 Å². The van der Waals surface area contributed by atoms with E-state index in [0.717, 1.165) is 29.0 Å². The quantitative estimate of drug-likeness (QED) is 0.785. The van der Waals surface area contributed by atoms with Gasteiger partial charge in [0.1, 0.15) is 5.75 Å². The summed E-state index contributed by atoms with van der Waals surface area (Å²) in [6.07, 6.45) is 0.759. The fourth-order valence-electron chi connectivity index (χ4n) is 2.29. The average Bonchev–Trinajstić information content (AvgIpc) is 2.51. The molecule has 0 bridgehead atoms. The van der Waals surface area contributed by atoms with Gasteiger partial charge >= 0.3 is 6.03 Å². The molecule has 2 rings (SSSR count). The number of nitrogens with one attached hydrogen (secondary N) is 2. The Hall–Kier alpha value is -2.49. The van der Waals surface area contributed by atoms with Gasteiger partial charge in [0.2, 0.25) is 0 Å². The smallest absolute Gasteiger partial charge is 0.319 e. The van der Waals surface area contributed by atoms with Crippen molar-refractivity contribution in [3.05, 3.63) is 59.2 Å². The molecule has 2 aromatic carbocycles. The lowest BCUT2D eigenvalue weighted by atomic mass is 10.1.